The van der Waals surface area contributed by atoms with Gasteiger partial charge in [-0.1, -0.05) is 41.5 Å². The number of hydrogen-bond acceptors (Lipinski definition) is 2. The summed E-state index contributed by atoms with van der Waals surface area (Å²) < 4.78 is 11.3. The van der Waals surface area contributed by atoms with Crippen LogP contribution in [0.1, 0.15) is 61.3 Å². The Morgan fingerprint density at radius 3 is 2.05 bits per heavy atom. The van der Waals surface area contributed by atoms with Crippen molar-refractivity contribution < 1.29 is 9.47 Å². The Morgan fingerprint density at radius 1 is 0.955 bits per heavy atom. The monoisotopic (exact) mass is 310 g/mol. The van der Waals surface area contributed by atoms with Crippen molar-refractivity contribution >= 4 is 0 Å². The molecular formula is C20H38O2. The Morgan fingerprint density at radius 2 is 1.55 bits per heavy atom. The van der Waals surface area contributed by atoms with Crippen molar-refractivity contribution in [1.82, 2.24) is 0 Å². The van der Waals surface area contributed by atoms with E-state index < -0.39 is 0 Å². The van der Waals surface area contributed by atoms with Crippen LogP contribution >= 0.6 is 0 Å². The molecule has 6 unspecified atom stereocenters. The molecule has 0 heterocycles. The third kappa shape index (κ3) is 3.70. The molecule has 0 spiro atoms. The minimum atomic E-state index is 0.208. The van der Waals surface area contributed by atoms with E-state index >= 15 is 0 Å². The molecule has 0 amide bonds. The van der Waals surface area contributed by atoms with Crippen molar-refractivity contribution in [1.29, 1.82) is 0 Å². The fourth-order valence-electron chi connectivity index (χ4n) is 5.57. The Balaban J connectivity index is 2.03. The molecule has 22 heavy (non-hydrogen) atoms. The van der Waals surface area contributed by atoms with Crippen LogP contribution in [0.25, 0.3) is 0 Å². The maximum Gasteiger partial charge on any atom is 0.0776 e. The van der Waals surface area contributed by atoms with Crippen LogP contribution in [0.3, 0.4) is 0 Å². The molecule has 2 rings (SSSR count). The van der Waals surface area contributed by atoms with Crippen LogP contribution in [0, 0.1) is 40.4 Å². The number of ether oxygens (including phenoxy) is 2. The average Bonchev–Trinajstić information content (AvgIpc) is 2.94. The molecule has 2 bridgehead atoms. The third-order valence-corrected chi connectivity index (χ3v) is 6.23. The van der Waals surface area contributed by atoms with E-state index in [0.29, 0.717) is 10.8 Å². The normalized spacial score (nSPS) is 36.8. The van der Waals surface area contributed by atoms with E-state index in [1.807, 2.05) is 0 Å². The fraction of sp³-hybridized carbons (Fsp3) is 1.00. The SMILES string of the molecule is COC(C)COCC1CC2CC1C(C(C)(C)C)C2C(C)(C)C. The smallest absolute Gasteiger partial charge is 0.0776 e. The summed E-state index contributed by atoms with van der Waals surface area (Å²) in [6.07, 6.45) is 3.01. The summed E-state index contributed by atoms with van der Waals surface area (Å²) in [6, 6.07) is 0. The van der Waals surface area contributed by atoms with Crippen LogP contribution in [0.15, 0.2) is 0 Å². The molecule has 0 aliphatic heterocycles. The summed E-state index contributed by atoms with van der Waals surface area (Å²) in [6.45, 7) is 18.4. The predicted molar refractivity (Wildman–Crippen MR) is 92.9 cm³/mol. The second kappa shape index (κ2) is 6.43. The topological polar surface area (TPSA) is 18.5 Å². The van der Waals surface area contributed by atoms with Gasteiger partial charge in [-0.15, -0.1) is 0 Å². The summed E-state index contributed by atoms with van der Waals surface area (Å²) in [5, 5.41) is 0. The van der Waals surface area contributed by atoms with Gasteiger partial charge in [-0.25, -0.2) is 0 Å². The molecule has 0 radical (unpaired) electrons. The second-order valence-corrected chi connectivity index (χ2v) is 10.0. The van der Waals surface area contributed by atoms with E-state index in [1.54, 1.807) is 7.11 Å². The molecule has 2 aliphatic rings. The lowest BCUT2D eigenvalue weighted by molar-refractivity contribution is -0.0402. The van der Waals surface area contributed by atoms with Crippen LogP contribution in [0.4, 0.5) is 0 Å². The molecule has 2 aliphatic carbocycles. The summed E-state index contributed by atoms with van der Waals surface area (Å²) in [5.74, 6) is 4.22. The molecule has 130 valence electrons. The van der Waals surface area contributed by atoms with Crippen molar-refractivity contribution in [2.24, 2.45) is 40.4 Å². The van der Waals surface area contributed by atoms with Gasteiger partial charge in [0.05, 0.1) is 12.7 Å². The van der Waals surface area contributed by atoms with E-state index in [1.165, 1.54) is 12.8 Å². The van der Waals surface area contributed by atoms with Gasteiger partial charge in [0.1, 0.15) is 0 Å². The van der Waals surface area contributed by atoms with Gasteiger partial charge in [-0.2, -0.15) is 0 Å². The van der Waals surface area contributed by atoms with E-state index in [0.717, 1.165) is 42.8 Å². The predicted octanol–water partition coefficient (Wildman–Crippen LogP) is 5.02. The van der Waals surface area contributed by atoms with Crippen LogP contribution in [-0.2, 0) is 9.47 Å². The largest absolute Gasteiger partial charge is 0.379 e. The van der Waals surface area contributed by atoms with Crippen LogP contribution in [0.5, 0.6) is 0 Å². The molecule has 0 aromatic carbocycles. The highest BCUT2D eigenvalue weighted by Gasteiger charge is 2.58. The van der Waals surface area contributed by atoms with Gasteiger partial charge in [-0.3, -0.25) is 0 Å². The van der Waals surface area contributed by atoms with E-state index in [9.17, 15) is 0 Å². The van der Waals surface area contributed by atoms with Gasteiger partial charge >= 0.3 is 0 Å². The highest BCUT2D eigenvalue weighted by molar-refractivity contribution is 5.06. The average molecular weight is 311 g/mol. The van der Waals surface area contributed by atoms with Gasteiger partial charge in [0.25, 0.3) is 0 Å². The van der Waals surface area contributed by atoms with Gasteiger partial charge in [0.15, 0.2) is 0 Å². The van der Waals surface area contributed by atoms with Crippen LogP contribution in [-0.4, -0.2) is 26.4 Å². The molecule has 2 nitrogen and oxygen atoms in total. The molecule has 2 heteroatoms. The molecule has 0 aromatic heterocycles. The Labute approximate surface area is 138 Å². The standard InChI is InChI=1S/C20H38O2/c1-13(21-8)11-22-12-15-9-14-10-16(15)18(20(5,6)7)17(14)19(2,3)4/h13-18H,9-12H2,1-8H3. The van der Waals surface area contributed by atoms with Crippen LogP contribution in [0.2, 0.25) is 0 Å². The number of hydrogen-bond donors (Lipinski definition) is 0. The first kappa shape index (κ1) is 18.3. The Hall–Kier alpha value is -0.0800. The van der Waals surface area contributed by atoms with E-state index in [-0.39, 0.29) is 6.10 Å². The first-order valence-electron chi connectivity index (χ1n) is 9.16. The van der Waals surface area contributed by atoms with Crippen LogP contribution < -0.4 is 0 Å². The van der Waals surface area contributed by atoms with Gasteiger partial charge < -0.3 is 9.47 Å². The molecular weight excluding hydrogens is 272 g/mol. The summed E-state index contributed by atoms with van der Waals surface area (Å²) in [4.78, 5) is 0. The van der Waals surface area contributed by atoms with Crippen molar-refractivity contribution in [2.75, 3.05) is 20.3 Å². The first-order chi connectivity index (χ1) is 10.1. The Bertz CT molecular complexity index is 363. The highest BCUT2D eigenvalue weighted by atomic mass is 16.5. The first-order valence-corrected chi connectivity index (χ1v) is 9.16. The van der Waals surface area contributed by atoms with E-state index in [4.69, 9.17) is 9.47 Å². The number of rotatable bonds is 5. The lowest BCUT2D eigenvalue weighted by atomic mass is 9.57. The maximum absolute atomic E-state index is 5.98. The minimum absolute atomic E-state index is 0.208. The highest BCUT2D eigenvalue weighted by Crippen LogP contribution is 2.64. The quantitative estimate of drug-likeness (QED) is 0.710. The van der Waals surface area contributed by atoms with E-state index in [2.05, 4.69) is 48.5 Å². The lowest BCUT2D eigenvalue weighted by Gasteiger charge is -2.48. The second-order valence-electron chi connectivity index (χ2n) is 10.0. The van der Waals surface area contributed by atoms with Gasteiger partial charge in [0.2, 0.25) is 0 Å². The van der Waals surface area contributed by atoms with Crippen molar-refractivity contribution in [3.63, 3.8) is 0 Å². The fourth-order valence-corrected chi connectivity index (χ4v) is 5.57. The van der Waals surface area contributed by atoms with Crippen molar-refractivity contribution in [3.05, 3.63) is 0 Å². The molecule has 6 atom stereocenters. The molecule has 2 fully saturated rings. The van der Waals surface area contributed by atoms with Crippen molar-refractivity contribution in [3.8, 4) is 0 Å². The zero-order valence-corrected chi connectivity index (χ0v) is 16.1. The molecule has 0 saturated heterocycles. The minimum Gasteiger partial charge on any atom is -0.379 e. The molecule has 0 N–H and O–H groups in total. The lowest BCUT2D eigenvalue weighted by Crippen LogP contribution is -2.43. The molecule has 2 saturated carbocycles. The van der Waals surface area contributed by atoms with Gasteiger partial charge in [-0.05, 0) is 60.2 Å². The summed E-state index contributed by atoms with van der Waals surface area (Å²) in [5.41, 5.74) is 0.823. The Kier molecular flexibility index (Phi) is 5.34. The van der Waals surface area contributed by atoms with Crippen molar-refractivity contribution in [2.45, 2.75) is 67.4 Å². The summed E-state index contributed by atoms with van der Waals surface area (Å²) >= 11 is 0. The zero-order chi connectivity index (χ0) is 16.7. The van der Waals surface area contributed by atoms with Gasteiger partial charge in [0, 0.05) is 13.7 Å². The molecule has 0 aromatic rings. The summed E-state index contributed by atoms with van der Waals surface area (Å²) in [7, 11) is 1.76. The third-order valence-electron chi connectivity index (χ3n) is 6.23. The maximum atomic E-state index is 5.98. The zero-order valence-electron chi connectivity index (χ0n) is 16.1. The number of fused-ring (bicyclic) bond motifs is 2. The number of methoxy groups -OCH3 is 1.